The molecule has 40 heavy (non-hydrogen) atoms. The maximum absolute atomic E-state index is 14.7. The van der Waals surface area contributed by atoms with E-state index in [1.807, 2.05) is 18.0 Å². The molecule has 2 heterocycles. The Morgan fingerprint density at radius 2 is 1.93 bits per heavy atom. The SMILES string of the molecule is COCc1ccc(OC(F)(F)F)c(CNC(=O)Nc2c(C)c(OC3CCN(C)C[C@H]3F)nn2-c2ccccc2)c1. The number of rotatable bonds is 9. The van der Waals surface area contributed by atoms with Gasteiger partial charge in [0, 0.05) is 32.3 Å². The highest BCUT2D eigenvalue weighted by Gasteiger charge is 2.33. The van der Waals surface area contributed by atoms with E-state index in [9.17, 15) is 22.4 Å². The topological polar surface area (TPSA) is 89.9 Å². The number of likely N-dealkylation sites (tertiary alicyclic amines) is 1. The number of hydrogen-bond acceptors (Lipinski definition) is 6. The monoisotopic (exact) mass is 565 g/mol. The van der Waals surface area contributed by atoms with Gasteiger partial charge in [-0.25, -0.2) is 13.9 Å². The molecule has 2 N–H and O–H groups in total. The zero-order valence-corrected chi connectivity index (χ0v) is 22.3. The minimum Gasteiger partial charge on any atom is -0.470 e. The lowest BCUT2D eigenvalue weighted by atomic mass is 10.1. The molecule has 1 saturated heterocycles. The van der Waals surface area contributed by atoms with Crippen LogP contribution in [0.5, 0.6) is 11.6 Å². The molecule has 2 amide bonds. The van der Waals surface area contributed by atoms with Crippen LogP contribution < -0.4 is 20.1 Å². The number of aromatic nitrogens is 2. The molecule has 9 nitrogen and oxygen atoms in total. The lowest BCUT2D eigenvalue weighted by Crippen LogP contribution is -2.45. The summed E-state index contributed by atoms with van der Waals surface area (Å²) in [5.41, 5.74) is 1.79. The highest BCUT2D eigenvalue weighted by Crippen LogP contribution is 2.31. The van der Waals surface area contributed by atoms with Crippen LogP contribution >= 0.6 is 0 Å². The van der Waals surface area contributed by atoms with E-state index in [1.54, 1.807) is 31.2 Å². The van der Waals surface area contributed by atoms with Crippen LogP contribution in [-0.4, -0.2) is 66.6 Å². The van der Waals surface area contributed by atoms with Gasteiger partial charge in [0.15, 0.2) is 0 Å². The van der Waals surface area contributed by atoms with Crippen LogP contribution in [0.25, 0.3) is 5.69 Å². The molecule has 3 aromatic rings. The number of hydrogen-bond donors (Lipinski definition) is 2. The van der Waals surface area contributed by atoms with Crippen molar-refractivity contribution in [3.05, 3.63) is 65.2 Å². The van der Waals surface area contributed by atoms with E-state index >= 15 is 0 Å². The number of urea groups is 1. The quantitative estimate of drug-likeness (QED) is 0.357. The summed E-state index contributed by atoms with van der Waals surface area (Å²) in [6.45, 7) is 2.49. The molecule has 1 aliphatic rings. The smallest absolute Gasteiger partial charge is 0.470 e. The van der Waals surface area contributed by atoms with E-state index in [4.69, 9.17) is 9.47 Å². The number of benzene rings is 2. The van der Waals surface area contributed by atoms with Crippen LogP contribution in [0.1, 0.15) is 23.1 Å². The molecule has 0 spiro atoms. The fourth-order valence-corrected chi connectivity index (χ4v) is 4.38. The zero-order chi connectivity index (χ0) is 28.9. The molecule has 4 rings (SSSR count). The number of piperidine rings is 1. The standard InChI is InChI=1S/C27H31F4N5O4/c1-17-24(33-26(37)32-14-19-13-18(16-38-3)9-10-22(19)40-27(29,30)31)36(20-7-5-4-6-8-20)34-25(17)39-23-11-12-35(2)15-21(23)28/h4-10,13,21,23H,11-12,14-16H2,1-3H3,(H2,32,33,37)/t21-,23?/m1/s1. The van der Waals surface area contributed by atoms with Crippen LogP contribution in [0.2, 0.25) is 0 Å². The van der Waals surface area contributed by atoms with Crippen LogP contribution in [0.4, 0.5) is 28.2 Å². The number of methoxy groups -OCH3 is 1. The summed E-state index contributed by atoms with van der Waals surface area (Å²) in [5.74, 6) is -0.000767. The summed E-state index contributed by atoms with van der Waals surface area (Å²) in [6.07, 6.45) is -6.32. The van der Waals surface area contributed by atoms with Crippen molar-refractivity contribution in [3.63, 3.8) is 0 Å². The Bertz CT molecular complexity index is 1300. The maximum Gasteiger partial charge on any atom is 0.573 e. The molecule has 0 bridgehead atoms. The third kappa shape index (κ3) is 7.42. The Morgan fingerprint density at radius 3 is 2.60 bits per heavy atom. The van der Waals surface area contributed by atoms with E-state index in [2.05, 4.69) is 20.5 Å². The Kier molecular flexibility index (Phi) is 9.15. The van der Waals surface area contributed by atoms with Gasteiger partial charge in [0.2, 0.25) is 5.88 Å². The van der Waals surface area contributed by atoms with Gasteiger partial charge >= 0.3 is 12.4 Å². The number of carbonyl (C=O) groups is 1. The van der Waals surface area contributed by atoms with Gasteiger partial charge in [-0.2, -0.15) is 0 Å². The van der Waals surface area contributed by atoms with Gasteiger partial charge in [0.25, 0.3) is 0 Å². The lowest BCUT2D eigenvalue weighted by Gasteiger charge is -2.31. The molecule has 0 aliphatic carbocycles. The molecule has 13 heteroatoms. The Labute approximate surface area is 229 Å². The summed E-state index contributed by atoms with van der Waals surface area (Å²) in [4.78, 5) is 14.8. The molecule has 1 aromatic heterocycles. The molecule has 1 fully saturated rings. The van der Waals surface area contributed by atoms with E-state index in [0.717, 1.165) is 0 Å². The number of ether oxygens (including phenoxy) is 3. The van der Waals surface area contributed by atoms with Crippen molar-refractivity contribution in [2.45, 2.75) is 45.1 Å². The van der Waals surface area contributed by atoms with E-state index in [1.165, 1.54) is 30.0 Å². The van der Waals surface area contributed by atoms with Gasteiger partial charge in [-0.3, -0.25) is 5.32 Å². The normalized spacial score (nSPS) is 17.9. The molecular formula is C27H31F4N5O4. The van der Waals surface area contributed by atoms with Gasteiger partial charge in [-0.15, -0.1) is 18.3 Å². The second kappa shape index (κ2) is 12.6. The number of nitrogens with zero attached hydrogens (tertiary/aromatic N) is 3. The molecule has 1 aliphatic heterocycles. The number of anilines is 1. The van der Waals surface area contributed by atoms with Crippen LogP contribution in [-0.2, 0) is 17.9 Å². The molecule has 0 radical (unpaired) electrons. The summed E-state index contributed by atoms with van der Waals surface area (Å²) < 4.78 is 70.0. The maximum atomic E-state index is 14.7. The molecule has 216 valence electrons. The minimum absolute atomic E-state index is 0.107. The summed E-state index contributed by atoms with van der Waals surface area (Å²) in [5, 5.41) is 9.78. The van der Waals surface area contributed by atoms with Gasteiger partial charge in [0.1, 0.15) is 23.8 Å². The van der Waals surface area contributed by atoms with Gasteiger partial charge < -0.3 is 24.4 Å². The van der Waals surface area contributed by atoms with Crippen molar-refractivity contribution in [1.29, 1.82) is 0 Å². The number of alkyl halides is 4. The number of carbonyl (C=O) groups excluding carboxylic acids is 1. The third-order valence-electron chi connectivity index (χ3n) is 6.36. The third-order valence-corrected chi connectivity index (χ3v) is 6.36. The average Bonchev–Trinajstić information content (AvgIpc) is 3.20. The number of halogens is 4. The van der Waals surface area contributed by atoms with Crippen molar-refractivity contribution in [1.82, 2.24) is 20.0 Å². The highest BCUT2D eigenvalue weighted by atomic mass is 19.4. The van der Waals surface area contributed by atoms with Gasteiger partial charge in [-0.05, 0) is 50.2 Å². The van der Waals surface area contributed by atoms with Crippen LogP contribution in [0.3, 0.4) is 0 Å². The van der Waals surface area contributed by atoms with Crippen LogP contribution in [0.15, 0.2) is 48.5 Å². The van der Waals surface area contributed by atoms with Crippen molar-refractivity contribution in [2.75, 3.05) is 32.6 Å². The van der Waals surface area contributed by atoms with E-state index in [0.29, 0.717) is 29.8 Å². The summed E-state index contributed by atoms with van der Waals surface area (Å²) >= 11 is 0. The van der Waals surface area contributed by atoms with Crippen molar-refractivity contribution < 1.29 is 36.6 Å². The second-order valence-electron chi connectivity index (χ2n) is 9.48. The van der Waals surface area contributed by atoms with Gasteiger partial charge in [0.05, 0.1) is 17.9 Å². The zero-order valence-electron chi connectivity index (χ0n) is 22.3. The number of para-hydroxylation sites is 1. The van der Waals surface area contributed by atoms with Crippen molar-refractivity contribution >= 4 is 11.8 Å². The first-order valence-electron chi connectivity index (χ1n) is 12.6. The van der Waals surface area contributed by atoms with Crippen LogP contribution in [0, 0.1) is 6.92 Å². The molecule has 2 aromatic carbocycles. The first kappa shape index (κ1) is 29.2. The molecule has 1 unspecified atom stereocenters. The largest absolute Gasteiger partial charge is 0.573 e. The average molecular weight is 566 g/mol. The van der Waals surface area contributed by atoms with Crippen molar-refractivity contribution in [2.24, 2.45) is 0 Å². The fourth-order valence-electron chi connectivity index (χ4n) is 4.38. The van der Waals surface area contributed by atoms with Crippen molar-refractivity contribution in [3.8, 4) is 17.3 Å². The first-order valence-corrected chi connectivity index (χ1v) is 12.6. The lowest BCUT2D eigenvalue weighted by molar-refractivity contribution is -0.274. The molecular weight excluding hydrogens is 534 g/mol. The highest BCUT2D eigenvalue weighted by molar-refractivity contribution is 5.89. The summed E-state index contributed by atoms with van der Waals surface area (Å²) in [7, 11) is 3.30. The Morgan fingerprint density at radius 1 is 1.18 bits per heavy atom. The number of nitrogens with one attached hydrogen (secondary N) is 2. The van der Waals surface area contributed by atoms with Gasteiger partial charge in [-0.1, -0.05) is 24.3 Å². The predicted octanol–water partition coefficient (Wildman–Crippen LogP) is 4.97. The molecule has 0 saturated carbocycles. The molecule has 2 atom stereocenters. The van der Waals surface area contributed by atoms with E-state index in [-0.39, 0.29) is 37.0 Å². The summed E-state index contributed by atoms with van der Waals surface area (Å²) in [6, 6.07) is 12.3. The second-order valence-corrected chi connectivity index (χ2v) is 9.48. The minimum atomic E-state index is -4.90. The number of amides is 2. The predicted molar refractivity (Wildman–Crippen MR) is 139 cm³/mol. The van der Waals surface area contributed by atoms with E-state index < -0.39 is 30.4 Å². The Balaban J connectivity index is 1.55. The first-order chi connectivity index (χ1) is 19.0. The Hall–Kier alpha value is -3.84. The fraction of sp³-hybridized carbons (Fsp3) is 0.407.